The van der Waals surface area contributed by atoms with Gasteiger partial charge in [0.2, 0.25) is 0 Å². The van der Waals surface area contributed by atoms with Crippen molar-refractivity contribution >= 4 is 28.7 Å². The zero-order valence-corrected chi connectivity index (χ0v) is 14.2. The molecule has 0 fully saturated rings. The van der Waals surface area contributed by atoms with E-state index in [4.69, 9.17) is 9.47 Å². The van der Waals surface area contributed by atoms with Crippen LogP contribution in [0.1, 0.15) is 15.9 Å². The highest BCUT2D eigenvalue weighted by Gasteiger charge is 2.09. The molecule has 2 aromatic carbocycles. The van der Waals surface area contributed by atoms with Crippen LogP contribution in [0.25, 0.3) is 17.0 Å². The van der Waals surface area contributed by atoms with Gasteiger partial charge in [-0.25, -0.2) is 4.79 Å². The molecule has 3 aromatic rings. The summed E-state index contributed by atoms with van der Waals surface area (Å²) in [4.78, 5) is 28.3. The van der Waals surface area contributed by atoms with E-state index in [9.17, 15) is 9.59 Å². The van der Waals surface area contributed by atoms with E-state index in [2.05, 4.69) is 4.98 Å². The average Bonchev–Trinajstić information content (AvgIpc) is 2.70. The monoisotopic (exact) mass is 347 g/mol. The number of benzene rings is 2. The van der Waals surface area contributed by atoms with Gasteiger partial charge in [0, 0.05) is 28.8 Å². The molecule has 0 atom stereocenters. The first-order valence-electron chi connectivity index (χ1n) is 8.03. The fourth-order valence-electron chi connectivity index (χ4n) is 2.48. The number of Topliss-reactive ketones (excluding diaryl/α,β-unsaturated/α-hetero) is 1. The third-order valence-corrected chi connectivity index (χ3v) is 3.80. The molecule has 0 aliphatic carbocycles. The van der Waals surface area contributed by atoms with Gasteiger partial charge in [-0.3, -0.25) is 9.78 Å². The summed E-state index contributed by atoms with van der Waals surface area (Å²) in [5, 5.41) is 0.983. The Morgan fingerprint density at radius 3 is 2.73 bits per heavy atom. The zero-order valence-electron chi connectivity index (χ0n) is 14.2. The second kappa shape index (κ2) is 8.07. The lowest BCUT2D eigenvalue weighted by Gasteiger charge is -2.04. The van der Waals surface area contributed by atoms with E-state index in [-0.39, 0.29) is 12.4 Å². The van der Waals surface area contributed by atoms with Crippen LogP contribution in [-0.4, -0.2) is 30.5 Å². The van der Waals surface area contributed by atoms with Gasteiger partial charge < -0.3 is 9.47 Å². The van der Waals surface area contributed by atoms with Crippen LogP contribution >= 0.6 is 0 Å². The Hall–Kier alpha value is -3.47. The molecule has 0 saturated heterocycles. The number of esters is 1. The summed E-state index contributed by atoms with van der Waals surface area (Å²) in [6.07, 6.45) is 4.63. The number of carbonyl (C=O) groups is 2. The molecular weight excluding hydrogens is 330 g/mol. The van der Waals surface area contributed by atoms with Crippen LogP contribution in [0.5, 0.6) is 5.75 Å². The molecule has 130 valence electrons. The quantitative estimate of drug-likeness (QED) is 0.387. The number of aromatic nitrogens is 1. The minimum Gasteiger partial charge on any atom is -0.497 e. The highest BCUT2D eigenvalue weighted by molar-refractivity contribution is 5.99. The van der Waals surface area contributed by atoms with Gasteiger partial charge in [0.15, 0.2) is 12.4 Å². The Kier molecular flexibility index (Phi) is 5.39. The van der Waals surface area contributed by atoms with Crippen molar-refractivity contribution in [3.63, 3.8) is 0 Å². The van der Waals surface area contributed by atoms with Crippen molar-refractivity contribution in [2.45, 2.75) is 0 Å². The minimum absolute atomic E-state index is 0.294. The molecule has 1 aromatic heterocycles. The molecule has 0 aliphatic rings. The fraction of sp³-hybridized carbons (Fsp3) is 0.0952. The van der Waals surface area contributed by atoms with Crippen LogP contribution < -0.4 is 4.74 Å². The van der Waals surface area contributed by atoms with Gasteiger partial charge in [-0.2, -0.15) is 0 Å². The highest BCUT2D eigenvalue weighted by Crippen LogP contribution is 2.17. The lowest BCUT2D eigenvalue weighted by molar-refractivity contribution is -0.136. The van der Waals surface area contributed by atoms with Crippen molar-refractivity contribution in [3.8, 4) is 5.75 Å². The lowest BCUT2D eigenvalue weighted by atomic mass is 10.1. The molecule has 0 spiro atoms. The van der Waals surface area contributed by atoms with E-state index >= 15 is 0 Å². The van der Waals surface area contributed by atoms with E-state index < -0.39 is 5.97 Å². The fourth-order valence-corrected chi connectivity index (χ4v) is 2.48. The normalized spacial score (nSPS) is 10.8. The number of ketones is 1. The van der Waals surface area contributed by atoms with E-state index in [0.717, 1.165) is 16.5 Å². The topological polar surface area (TPSA) is 65.5 Å². The van der Waals surface area contributed by atoms with Crippen molar-refractivity contribution in [2.75, 3.05) is 13.7 Å². The molecule has 0 radical (unpaired) electrons. The van der Waals surface area contributed by atoms with Crippen molar-refractivity contribution < 1.29 is 19.1 Å². The predicted octanol–water partition coefficient (Wildman–Crippen LogP) is 3.68. The molecule has 3 rings (SSSR count). The maximum atomic E-state index is 12.1. The van der Waals surface area contributed by atoms with Crippen molar-refractivity contribution in [1.82, 2.24) is 4.98 Å². The summed E-state index contributed by atoms with van der Waals surface area (Å²) < 4.78 is 10.1. The molecule has 0 N–H and O–H groups in total. The van der Waals surface area contributed by atoms with E-state index in [1.54, 1.807) is 36.5 Å². The first-order chi connectivity index (χ1) is 12.7. The number of hydrogen-bond acceptors (Lipinski definition) is 5. The summed E-state index contributed by atoms with van der Waals surface area (Å²) in [5.41, 5.74) is 2.03. The van der Waals surface area contributed by atoms with Gasteiger partial charge in [-0.15, -0.1) is 0 Å². The van der Waals surface area contributed by atoms with Crippen LogP contribution in [0.3, 0.4) is 0 Å². The molecule has 0 saturated carbocycles. The number of carbonyl (C=O) groups excluding carboxylic acids is 2. The number of pyridine rings is 1. The number of ether oxygens (including phenoxy) is 2. The van der Waals surface area contributed by atoms with E-state index in [0.29, 0.717) is 11.3 Å². The van der Waals surface area contributed by atoms with Crippen LogP contribution in [0.4, 0.5) is 0 Å². The Morgan fingerprint density at radius 1 is 1.08 bits per heavy atom. The van der Waals surface area contributed by atoms with Crippen molar-refractivity contribution in [2.24, 2.45) is 0 Å². The largest absolute Gasteiger partial charge is 0.497 e. The SMILES string of the molecule is COc1cccc(C(=O)COC(=O)/C=C/c2cccc3cccnc23)c1. The Labute approximate surface area is 150 Å². The van der Waals surface area contributed by atoms with E-state index in [1.165, 1.54) is 13.2 Å². The summed E-state index contributed by atoms with van der Waals surface area (Å²) in [6.45, 7) is -0.329. The van der Waals surface area contributed by atoms with Gasteiger partial charge in [0.25, 0.3) is 0 Å². The Bertz CT molecular complexity index is 973. The van der Waals surface area contributed by atoms with E-state index in [1.807, 2.05) is 30.3 Å². The highest BCUT2D eigenvalue weighted by atomic mass is 16.5. The predicted molar refractivity (Wildman–Crippen MR) is 99.1 cm³/mol. The molecule has 0 bridgehead atoms. The molecule has 0 aliphatic heterocycles. The lowest BCUT2D eigenvalue weighted by Crippen LogP contribution is -2.12. The molecule has 1 heterocycles. The maximum absolute atomic E-state index is 12.1. The first kappa shape index (κ1) is 17.4. The second-order valence-electron chi connectivity index (χ2n) is 5.52. The van der Waals surface area contributed by atoms with Crippen molar-refractivity contribution in [3.05, 3.63) is 78.0 Å². The summed E-state index contributed by atoms with van der Waals surface area (Å²) in [6, 6.07) is 16.2. The van der Waals surface area contributed by atoms with Crippen LogP contribution in [0.15, 0.2) is 66.9 Å². The third-order valence-electron chi connectivity index (χ3n) is 3.80. The first-order valence-corrected chi connectivity index (χ1v) is 8.03. The maximum Gasteiger partial charge on any atom is 0.331 e. The number of fused-ring (bicyclic) bond motifs is 1. The second-order valence-corrected chi connectivity index (χ2v) is 5.52. The smallest absolute Gasteiger partial charge is 0.331 e. The number of rotatable bonds is 6. The number of methoxy groups -OCH3 is 1. The summed E-state index contributed by atoms with van der Waals surface area (Å²) in [7, 11) is 1.52. The number of para-hydroxylation sites is 1. The summed E-state index contributed by atoms with van der Waals surface area (Å²) in [5.74, 6) is -0.308. The summed E-state index contributed by atoms with van der Waals surface area (Å²) >= 11 is 0. The Balaban J connectivity index is 1.63. The molecule has 0 unspecified atom stereocenters. The standard InChI is InChI=1S/C21H17NO4/c1-25-18-9-3-7-17(13-18)19(23)14-26-20(24)11-10-16-6-2-5-15-8-4-12-22-21(15)16/h2-13H,14H2,1H3/b11-10+. The number of nitrogens with zero attached hydrogens (tertiary/aromatic N) is 1. The van der Waals surface area contributed by atoms with Crippen LogP contribution in [0.2, 0.25) is 0 Å². The van der Waals surface area contributed by atoms with Gasteiger partial charge in [0.1, 0.15) is 5.75 Å². The van der Waals surface area contributed by atoms with Gasteiger partial charge >= 0.3 is 5.97 Å². The average molecular weight is 347 g/mol. The molecule has 5 nitrogen and oxygen atoms in total. The molecule has 0 amide bonds. The number of hydrogen-bond donors (Lipinski definition) is 0. The van der Waals surface area contributed by atoms with Crippen LogP contribution in [-0.2, 0) is 9.53 Å². The molecule has 26 heavy (non-hydrogen) atoms. The van der Waals surface area contributed by atoms with Crippen molar-refractivity contribution in [1.29, 1.82) is 0 Å². The Morgan fingerprint density at radius 2 is 1.88 bits per heavy atom. The molecule has 5 heteroatoms. The van der Waals surface area contributed by atoms with Gasteiger partial charge in [-0.1, -0.05) is 36.4 Å². The molecular formula is C21H17NO4. The minimum atomic E-state index is -0.589. The third kappa shape index (κ3) is 4.13. The van der Waals surface area contributed by atoms with Crippen LogP contribution in [0, 0.1) is 0 Å². The van der Waals surface area contributed by atoms with Gasteiger partial charge in [0.05, 0.1) is 12.6 Å². The zero-order chi connectivity index (χ0) is 18.4. The van der Waals surface area contributed by atoms with Gasteiger partial charge in [-0.05, 0) is 24.3 Å².